The van der Waals surface area contributed by atoms with Gasteiger partial charge in [-0.05, 0) is 98.8 Å². The third kappa shape index (κ3) is 12.1. The summed E-state index contributed by atoms with van der Waals surface area (Å²) >= 11 is 2.21. The van der Waals surface area contributed by atoms with Gasteiger partial charge in [0.05, 0.1) is 11.4 Å². The molecule has 6 heterocycles. The lowest BCUT2D eigenvalue weighted by Gasteiger charge is -1.96. The third-order valence-corrected chi connectivity index (χ3v) is 11.7. The molecule has 10 rings (SSSR count). The van der Waals surface area contributed by atoms with Crippen LogP contribution in [0.2, 0.25) is 0 Å². The van der Waals surface area contributed by atoms with Crippen LogP contribution in [0.5, 0.6) is 0 Å². The maximum absolute atomic E-state index is 13.5. The number of rotatable bonds is 11. The summed E-state index contributed by atoms with van der Waals surface area (Å²) in [7, 11) is 3.38. The average Bonchev–Trinajstić information content (AvgIpc) is 4.25. The summed E-state index contributed by atoms with van der Waals surface area (Å²) in [5.41, 5.74) is 2.54. The first-order valence-electron chi connectivity index (χ1n) is 20.8. The van der Waals surface area contributed by atoms with Crippen molar-refractivity contribution in [3.05, 3.63) is 155 Å². The highest BCUT2D eigenvalue weighted by molar-refractivity contribution is 7.19. The first kappa shape index (κ1) is 50.2. The highest BCUT2D eigenvalue weighted by Gasteiger charge is 2.23. The predicted octanol–water partition coefficient (Wildman–Crippen LogP) is 10.7. The fraction of sp³-hybridized carbons (Fsp3) is 0.0851. The van der Waals surface area contributed by atoms with Gasteiger partial charge in [0.2, 0.25) is 18.1 Å². The molecule has 0 aliphatic carbocycles. The van der Waals surface area contributed by atoms with Gasteiger partial charge in [-0.3, -0.25) is 25.0 Å². The Morgan fingerprint density at radius 1 is 0.507 bits per heavy atom. The second kappa shape index (κ2) is 21.9. The van der Waals surface area contributed by atoms with Gasteiger partial charge in [0.15, 0.2) is 56.4 Å². The normalized spacial score (nSPS) is 10.8. The van der Waals surface area contributed by atoms with Crippen LogP contribution in [0.4, 0.5) is 36.6 Å². The Labute approximate surface area is 414 Å². The Balaban J connectivity index is 0.000000178. The minimum atomic E-state index is -1.05. The lowest BCUT2D eigenvalue weighted by atomic mass is 10.1. The molecule has 0 unspecified atom stereocenters. The van der Waals surface area contributed by atoms with Crippen molar-refractivity contribution in [2.24, 2.45) is 0 Å². The zero-order chi connectivity index (χ0) is 51.9. The van der Waals surface area contributed by atoms with Gasteiger partial charge >= 0.3 is 0 Å². The molecule has 4 aromatic carbocycles. The van der Waals surface area contributed by atoms with Gasteiger partial charge in [-0.15, -0.1) is 0 Å². The van der Waals surface area contributed by atoms with Gasteiger partial charge in [-0.1, -0.05) is 43.3 Å². The number of nitrogens with zero attached hydrogens (tertiary/aromatic N) is 9. The number of thiazole rings is 2. The molecule has 26 heteroatoms. The second-order valence-corrected chi connectivity index (χ2v) is 17.1. The molecule has 10 aromatic rings. The van der Waals surface area contributed by atoms with Crippen LogP contribution in [0, 0.1) is 48.8 Å². The largest absolute Gasteiger partial charge is 0.355 e. The van der Waals surface area contributed by atoms with Gasteiger partial charge in [-0.2, -0.15) is 9.97 Å². The van der Waals surface area contributed by atoms with Gasteiger partial charge in [-0.25, -0.2) is 36.3 Å². The lowest BCUT2D eigenvalue weighted by Crippen LogP contribution is -2.11. The SMILES string of the molecule is CN(C)C=O.Cc1nc(NC(=O)c2cc(-c3ccc(F)c(F)c3)on2)sc1-c1nc(-c2ccc(F)cc2)no1.Cc1nc(NC(=O)c2cc(-c3ccc(F)c(F)c3)on2)sc1-c1nc(-c2ccc(F)cc2)no1. The summed E-state index contributed by atoms with van der Waals surface area (Å²) in [4.78, 5) is 54.3. The standard InChI is InChI=1S/2C22H12F3N5O3S.C3H7NO/c2*1-10-18(21-27-19(30-33-21)11-2-5-13(23)6-3-11)34-22(26-10)28-20(31)16-9-17(32-29-16)12-4-7-14(24)15(25)8-12;1-4(2)3-5/h2*2-9H,1H3,(H,26,28,31);3H,1-2H3. The van der Waals surface area contributed by atoms with Gasteiger partial charge in [0.1, 0.15) is 21.4 Å². The quantitative estimate of drug-likeness (QED) is 0.0905. The van der Waals surface area contributed by atoms with E-state index >= 15 is 0 Å². The van der Waals surface area contributed by atoms with Crippen LogP contribution in [0.25, 0.3) is 67.0 Å². The smallest absolute Gasteiger partial charge is 0.279 e. The number of benzene rings is 4. The molecule has 0 aliphatic rings. The maximum atomic E-state index is 13.5. The minimum absolute atomic E-state index is 0.0782. The molecule has 0 spiro atoms. The zero-order valence-electron chi connectivity index (χ0n) is 37.8. The molecule has 0 radical (unpaired) electrons. The monoisotopic (exact) mass is 1040 g/mol. The molecular formula is C47H31F6N11O7S2. The van der Waals surface area contributed by atoms with Crippen LogP contribution in [0.3, 0.4) is 0 Å². The first-order valence-corrected chi connectivity index (χ1v) is 22.4. The van der Waals surface area contributed by atoms with Crippen molar-refractivity contribution in [2.75, 3.05) is 24.7 Å². The Kier molecular flexibility index (Phi) is 15.0. The fourth-order valence-electron chi connectivity index (χ4n) is 6.02. The third-order valence-electron chi connectivity index (χ3n) is 9.58. The summed E-state index contributed by atoms with van der Waals surface area (Å²) in [6, 6.07) is 20.3. The molecule has 3 amide bonds. The van der Waals surface area contributed by atoms with Crippen molar-refractivity contribution in [3.8, 4) is 67.0 Å². The Hall–Kier alpha value is -9.17. The van der Waals surface area contributed by atoms with E-state index in [2.05, 4.69) is 51.2 Å². The van der Waals surface area contributed by atoms with E-state index in [1.807, 2.05) is 0 Å². The molecule has 18 nitrogen and oxygen atoms in total. The van der Waals surface area contributed by atoms with Crippen LogP contribution >= 0.6 is 22.7 Å². The van der Waals surface area contributed by atoms with Crippen molar-refractivity contribution in [1.82, 2.24) is 45.5 Å². The topological polar surface area (TPSA) is 234 Å². The number of aromatic nitrogens is 8. The van der Waals surface area contributed by atoms with E-state index in [1.54, 1.807) is 27.9 Å². The molecule has 0 saturated carbocycles. The number of nitrogens with one attached hydrogen (secondary N) is 2. The number of anilines is 2. The van der Waals surface area contributed by atoms with E-state index in [9.17, 15) is 40.7 Å². The summed E-state index contributed by atoms with van der Waals surface area (Å²) in [5.74, 6) is -4.95. The van der Waals surface area contributed by atoms with Crippen molar-refractivity contribution < 1.29 is 58.8 Å². The number of halogens is 6. The van der Waals surface area contributed by atoms with Gasteiger partial charge in [0, 0.05) is 48.5 Å². The second-order valence-electron chi connectivity index (χ2n) is 15.1. The van der Waals surface area contributed by atoms with Crippen molar-refractivity contribution in [2.45, 2.75) is 13.8 Å². The average molecular weight is 1040 g/mol. The summed E-state index contributed by atoms with van der Waals surface area (Å²) in [6.45, 7) is 3.42. The van der Waals surface area contributed by atoms with E-state index in [4.69, 9.17) is 18.1 Å². The first-order chi connectivity index (χ1) is 35.0. The van der Waals surface area contributed by atoms with E-state index in [-0.39, 0.29) is 79.4 Å². The number of hydrogen-bond acceptors (Lipinski definition) is 17. The van der Waals surface area contributed by atoms with Crippen molar-refractivity contribution in [3.63, 3.8) is 0 Å². The number of aryl methyl sites for hydroxylation is 2. The van der Waals surface area contributed by atoms with Gasteiger partial charge in [0.25, 0.3) is 23.6 Å². The minimum Gasteiger partial charge on any atom is -0.355 e. The van der Waals surface area contributed by atoms with Crippen LogP contribution in [0.1, 0.15) is 32.4 Å². The summed E-state index contributed by atoms with van der Waals surface area (Å²) < 4.78 is 100. The number of carbonyl (C=O) groups excluding carboxylic acids is 3. The number of carbonyl (C=O) groups is 3. The fourth-order valence-corrected chi connectivity index (χ4v) is 7.78. The lowest BCUT2D eigenvalue weighted by molar-refractivity contribution is -0.115. The molecule has 370 valence electrons. The van der Waals surface area contributed by atoms with E-state index in [1.165, 1.54) is 77.7 Å². The Morgan fingerprint density at radius 2 is 0.877 bits per heavy atom. The molecule has 0 bridgehead atoms. The van der Waals surface area contributed by atoms with E-state index < -0.39 is 35.1 Å². The molecule has 6 aromatic heterocycles. The Bertz CT molecular complexity index is 3360. The van der Waals surface area contributed by atoms with Crippen molar-refractivity contribution in [1.29, 1.82) is 0 Å². The van der Waals surface area contributed by atoms with E-state index in [0.29, 0.717) is 32.3 Å². The highest BCUT2D eigenvalue weighted by atomic mass is 32.1. The molecular weight excluding hydrogens is 1010 g/mol. The number of hydrogen-bond donors (Lipinski definition) is 2. The van der Waals surface area contributed by atoms with Crippen LogP contribution < -0.4 is 10.6 Å². The molecule has 2 N–H and O–H groups in total. The maximum Gasteiger partial charge on any atom is 0.279 e. The van der Waals surface area contributed by atoms with Crippen LogP contribution in [-0.2, 0) is 4.79 Å². The predicted molar refractivity (Wildman–Crippen MR) is 250 cm³/mol. The van der Waals surface area contributed by atoms with Crippen molar-refractivity contribution >= 4 is 51.2 Å². The summed E-state index contributed by atoms with van der Waals surface area (Å²) in [5, 5.41) is 20.9. The summed E-state index contributed by atoms with van der Waals surface area (Å²) in [6.07, 6.45) is 0.750. The molecule has 0 fully saturated rings. The molecule has 73 heavy (non-hydrogen) atoms. The molecule has 0 atom stereocenters. The molecule has 0 saturated heterocycles. The molecule has 0 aliphatic heterocycles. The highest BCUT2D eigenvalue weighted by Crippen LogP contribution is 2.35. The van der Waals surface area contributed by atoms with Crippen LogP contribution in [0.15, 0.2) is 115 Å². The van der Waals surface area contributed by atoms with Crippen LogP contribution in [-0.4, -0.2) is 77.8 Å². The Morgan fingerprint density at radius 3 is 1.23 bits per heavy atom. The number of amides is 3. The zero-order valence-corrected chi connectivity index (χ0v) is 39.4. The van der Waals surface area contributed by atoms with E-state index in [0.717, 1.165) is 53.3 Å². The van der Waals surface area contributed by atoms with Gasteiger partial charge < -0.3 is 23.0 Å².